The standard InChI is InChI=1S/C25H24F2O/c1-3-5-7-8-21-16-20-10-9-19(17-23(20)25(27)24(21)26)18-11-13-22(14-12-18)28-15-6-4-2/h3-6,9-14,16-17H,7-8,15H2,1-2H3/b5-3+,6-4?. The zero-order valence-corrected chi connectivity index (χ0v) is 16.2. The fraction of sp³-hybridized carbons (Fsp3) is 0.200. The number of halogens is 2. The lowest BCUT2D eigenvalue weighted by Gasteiger charge is -2.10. The molecule has 0 aliphatic carbocycles. The molecule has 0 aromatic heterocycles. The molecule has 144 valence electrons. The minimum atomic E-state index is -0.777. The van der Waals surface area contributed by atoms with Crippen molar-refractivity contribution in [3.8, 4) is 16.9 Å². The van der Waals surface area contributed by atoms with E-state index in [1.807, 2.05) is 74.5 Å². The minimum absolute atomic E-state index is 0.304. The summed E-state index contributed by atoms with van der Waals surface area (Å²) < 4.78 is 34.7. The SMILES string of the molecule is CC=CCOc1ccc(-c2ccc3cc(CC/C=C/C)c(F)c(F)c3c2)cc1. The number of fused-ring (bicyclic) bond motifs is 1. The third-order valence-electron chi connectivity index (χ3n) is 4.68. The summed E-state index contributed by atoms with van der Waals surface area (Å²) in [6.45, 7) is 4.38. The summed E-state index contributed by atoms with van der Waals surface area (Å²) in [6.07, 6.45) is 8.91. The van der Waals surface area contributed by atoms with Gasteiger partial charge in [0.2, 0.25) is 0 Å². The molecule has 0 aliphatic heterocycles. The first-order chi connectivity index (χ1) is 13.6. The Kier molecular flexibility index (Phi) is 6.59. The van der Waals surface area contributed by atoms with Crippen LogP contribution in [0.3, 0.4) is 0 Å². The van der Waals surface area contributed by atoms with E-state index in [1.54, 1.807) is 12.1 Å². The van der Waals surface area contributed by atoms with Crippen molar-refractivity contribution in [3.05, 3.63) is 90.0 Å². The summed E-state index contributed by atoms with van der Waals surface area (Å²) >= 11 is 0. The van der Waals surface area contributed by atoms with Crippen molar-refractivity contribution in [2.24, 2.45) is 0 Å². The Bertz CT molecular complexity index is 1000. The molecular weight excluding hydrogens is 354 g/mol. The molecule has 28 heavy (non-hydrogen) atoms. The molecule has 3 heteroatoms. The Balaban J connectivity index is 1.89. The van der Waals surface area contributed by atoms with E-state index in [0.29, 0.717) is 35.8 Å². The number of ether oxygens (including phenoxy) is 1. The molecule has 0 aliphatic rings. The van der Waals surface area contributed by atoms with E-state index in [1.165, 1.54) is 0 Å². The fourth-order valence-corrected chi connectivity index (χ4v) is 3.13. The molecule has 3 aromatic carbocycles. The molecule has 0 saturated heterocycles. The van der Waals surface area contributed by atoms with Gasteiger partial charge in [0.1, 0.15) is 12.4 Å². The summed E-state index contributed by atoms with van der Waals surface area (Å²) in [4.78, 5) is 0. The van der Waals surface area contributed by atoms with Gasteiger partial charge in [-0.25, -0.2) is 8.78 Å². The summed E-state index contributed by atoms with van der Waals surface area (Å²) in [5.41, 5.74) is 2.18. The summed E-state index contributed by atoms with van der Waals surface area (Å²) in [5, 5.41) is 1.02. The lowest BCUT2D eigenvalue weighted by atomic mass is 9.98. The van der Waals surface area contributed by atoms with E-state index < -0.39 is 11.6 Å². The first kappa shape index (κ1) is 19.8. The van der Waals surface area contributed by atoms with Gasteiger partial charge in [-0.05, 0) is 73.0 Å². The zero-order chi connectivity index (χ0) is 19.9. The monoisotopic (exact) mass is 378 g/mol. The smallest absolute Gasteiger partial charge is 0.166 e. The normalized spacial score (nSPS) is 11.7. The highest BCUT2D eigenvalue weighted by molar-refractivity contribution is 5.88. The van der Waals surface area contributed by atoms with Crippen molar-refractivity contribution in [1.82, 2.24) is 0 Å². The molecule has 0 unspecified atom stereocenters. The van der Waals surface area contributed by atoms with Crippen LogP contribution in [0.25, 0.3) is 21.9 Å². The summed E-state index contributed by atoms with van der Waals surface area (Å²) in [5.74, 6) is -0.756. The molecule has 0 saturated carbocycles. The zero-order valence-electron chi connectivity index (χ0n) is 16.2. The van der Waals surface area contributed by atoms with Crippen molar-refractivity contribution in [2.45, 2.75) is 26.7 Å². The average molecular weight is 378 g/mol. The quantitative estimate of drug-likeness (QED) is 0.393. The van der Waals surface area contributed by atoms with Gasteiger partial charge in [-0.15, -0.1) is 0 Å². The minimum Gasteiger partial charge on any atom is -0.490 e. The maximum absolute atomic E-state index is 14.7. The Morgan fingerprint density at radius 2 is 1.54 bits per heavy atom. The lowest BCUT2D eigenvalue weighted by Crippen LogP contribution is -1.96. The van der Waals surface area contributed by atoms with Crippen LogP contribution in [0.5, 0.6) is 5.75 Å². The predicted molar refractivity (Wildman–Crippen MR) is 113 cm³/mol. The van der Waals surface area contributed by atoms with Crippen molar-refractivity contribution in [3.63, 3.8) is 0 Å². The molecule has 0 spiro atoms. The Morgan fingerprint density at radius 1 is 0.821 bits per heavy atom. The van der Waals surface area contributed by atoms with E-state index in [4.69, 9.17) is 4.74 Å². The molecule has 0 atom stereocenters. The Hall–Kier alpha value is -2.94. The molecule has 0 bridgehead atoms. The van der Waals surface area contributed by atoms with Crippen LogP contribution in [0.4, 0.5) is 8.78 Å². The van der Waals surface area contributed by atoms with Crippen LogP contribution in [0.15, 0.2) is 72.8 Å². The van der Waals surface area contributed by atoms with Crippen LogP contribution in [0.2, 0.25) is 0 Å². The van der Waals surface area contributed by atoms with Crippen molar-refractivity contribution >= 4 is 10.8 Å². The molecule has 3 rings (SSSR count). The van der Waals surface area contributed by atoms with Gasteiger partial charge in [0.15, 0.2) is 11.6 Å². The third-order valence-corrected chi connectivity index (χ3v) is 4.68. The van der Waals surface area contributed by atoms with Crippen LogP contribution in [0.1, 0.15) is 25.8 Å². The first-order valence-electron chi connectivity index (χ1n) is 9.50. The maximum atomic E-state index is 14.7. The number of aryl methyl sites for hydroxylation is 1. The largest absolute Gasteiger partial charge is 0.490 e. The summed E-state index contributed by atoms with van der Waals surface area (Å²) in [6, 6.07) is 14.8. The van der Waals surface area contributed by atoms with E-state index in [2.05, 4.69) is 0 Å². The third kappa shape index (κ3) is 4.48. The van der Waals surface area contributed by atoms with Gasteiger partial charge >= 0.3 is 0 Å². The molecule has 0 N–H and O–H groups in total. The second kappa shape index (κ2) is 9.32. The van der Waals surface area contributed by atoms with Crippen LogP contribution >= 0.6 is 0 Å². The van der Waals surface area contributed by atoms with Crippen LogP contribution < -0.4 is 4.74 Å². The molecule has 0 fully saturated rings. The fourth-order valence-electron chi connectivity index (χ4n) is 3.13. The van der Waals surface area contributed by atoms with E-state index in [-0.39, 0.29) is 0 Å². The van der Waals surface area contributed by atoms with Gasteiger partial charge < -0.3 is 4.74 Å². The van der Waals surface area contributed by atoms with E-state index in [9.17, 15) is 8.78 Å². The molecule has 0 heterocycles. The van der Waals surface area contributed by atoms with Crippen LogP contribution in [-0.2, 0) is 6.42 Å². The molecule has 3 aromatic rings. The Labute approximate surface area is 165 Å². The highest BCUT2D eigenvalue weighted by Gasteiger charge is 2.14. The van der Waals surface area contributed by atoms with Gasteiger partial charge in [0.25, 0.3) is 0 Å². The highest BCUT2D eigenvalue weighted by Crippen LogP contribution is 2.30. The highest BCUT2D eigenvalue weighted by atomic mass is 19.2. The van der Waals surface area contributed by atoms with E-state index in [0.717, 1.165) is 16.9 Å². The van der Waals surface area contributed by atoms with Crippen LogP contribution in [-0.4, -0.2) is 6.61 Å². The van der Waals surface area contributed by atoms with Gasteiger partial charge in [0.05, 0.1) is 0 Å². The second-order valence-corrected chi connectivity index (χ2v) is 6.61. The average Bonchev–Trinajstić information content (AvgIpc) is 2.72. The maximum Gasteiger partial charge on any atom is 0.166 e. The molecule has 0 radical (unpaired) electrons. The number of hydrogen-bond acceptors (Lipinski definition) is 1. The molecule has 0 amide bonds. The number of benzene rings is 3. The lowest BCUT2D eigenvalue weighted by molar-refractivity contribution is 0.363. The van der Waals surface area contributed by atoms with Gasteiger partial charge in [-0.1, -0.05) is 48.6 Å². The predicted octanol–water partition coefficient (Wildman–Crippen LogP) is 7.25. The molecular formula is C25H24F2O. The van der Waals surface area contributed by atoms with Crippen molar-refractivity contribution in [2.75, 3.05) is 6.61 Å². The number of allylic oxidation sites excluding steroid dienone is 3. The van der Waals surface area contributed by atoms with Gasteiger partial charge in [0, 0.05) is 5.39 Å². The second-order valence-electron chi connectivity index (χ2n) is 6.61. The summed E-state index contributed by atoms with van der Waals surface area (Å²) in [7, 11) is 0. The van der Waals surface area contributed by atoms with Crippen LogP contribution in [0, 0.1) is 11.6 Å². The van der Waals surface area contributed by atoms with Crippen molar-refractivity contribution in [1.29, 1.82) is 0 Å². The topological polar surface area (TPSA) is 9.23 Å². The number of hydrogen-bond donors (Lipinski definition) is 0. The number of rotatable bonds is 7. The van der Waals surface area contributed by atoms with Gasteiger partial charge in [-0.2, -0.15) is 0 Å². The van der Waals surface area contributed by atoms with Crippen molar-refractivity contribution < 1.29 is 13.5 Å². The molecule has 1 nitrogen and oxygen atoms in total. The van der Waals surface area contributed by atoms with E-state index >= 15 is 0 Å². The van der Waals surface area contributed by atoms with Gasteiger partial charge in [-0.3, -0.25) is 0 Å². The Morgan fingerprint density at radius 3 is 2.25 bits per heavy atom. The first-order valence-corrected chi connectivity index (χ1v) is 9.50.